The summed E-state index contributed by atoms with van der Waals surface area (Å²) in [5, 5.41) is 8.07. The average Bonchev–Trinajstić information content (AvgIpc) is 3.38. The molecule has 0 N–H and O–H groups in total. The molecule has 0 atom stereocenters. The Kier molecular flexibility index (Phi) is 4.75. The Morgan fingerprint density at radius 1 is 1.11 bits per heavy atom. The van der Waals surface area contributed by atoms with Crippen molar-refractivity contribution in [2.24, 2.45) is 7.05 Å². The van der Waals surface area contributed by atoms with Gasteiger partial charge in [-0.25, -0.2) is 9.97 Å². The number of hydrogen-bond acceptors (Lipinski definition) is 6. The number of rotatable bonds is 5. The maximum atomic E-state index is 13.0. The summed E-state index contributed by atoms with van der Waals surface area (Å²) in [5.41, 5.74) is 0.0545. The molecule has 7 nitrogen and oxygen atoms in total. The van der Waals surface area contributed by atoms with E-state index in [1.807, 2.05) is 13.2 Å². The van der Waals surface area contributed by atoms with Crippen LogP contribution >= 0.6 is 0 Å². The topological polar surface area (TPSA) is 63.0 Å². The molecule has 2 fully saturated rings. The highest BCUT2D eigenvalue weighted by molar-refractivity contribution is 5.44. The SMILES string of the molecule is Cn1cc(CN2CCC(N(c3cc(C(F)(F)F)ncn3)C3CC3)CC2)nn1. The molecule has 10 heteroatoms. The lowest BCUT2D eigenvalue weighted by Gasteiger charge is -2.39. The Balaban J connectivity index is 1.44. The number of piperidine rings is 1. The van der Waals surface area contributed by atoms with Crippen molar-refractivity contribution in [1.29, 1.82) is 0 Å². The first-order valence-corrected chi connectivity index (χ1v) is 9.15. The number of hydrogen-bond donors (Lipinski definition) is 0. The van der Waals surface area contributed by atoms with Crippen molar-refractivity contribution in [2.45, 2.75) is 50.5 Å². The van der Waals surface area contributed by atoms with Crippen molar-refractivity contribution < 1.29 is 13.2 Å². The first kappa shape index (κ1) is 18.1. The molecule has 4 rings (SSSR count). The molecule has 146 valence electrons. The highest BCUT2D eigenvalue weighted by Crippen LogP contribution is 2.37. The minimum absolute atomic E-state index is 0.201. The van der Waals surface area contributed by atoms with E-state index >= 15 is 0 Å². The molecule has 1 saturated heterocycles. The van der Waals surface area contributed by atoms with Crippen molar-refractivity contribution in [2.75, 3.05) is 18.0 Å². The van der Waals surface area contributed by atoms with Gasteiger partial charge in [0.25, 0.3) is 0 Å². The fraction of sp³-hybridized carbons (Fsp3) is 0.647. The molecule has 27 heavy (non-hydrogen) atoms. The Morgan fingerprint density at radius 3 is 2.41 bits per heavy atom. The fourth-order valence-corrected chi connectivity index (χ4v) is 3.72. The molecule has 0 aromatic carbocycles. The summed E-state index contributed by atoms with van der Waals surface area (Å²) in [5.74, 6) is 0.396. The summed E-state index contributed by atoms with van der Waals surface area (Å²) in [4.78, 5) is 12.0. The van der Waals surface area contributed by atoms with Gasteiger partial charge in [0, 0.05) is 51.0 Å². The van der Waals surface area contributed by atoms with Crippen LogP contribution in [0.25, 0.3) is 0 Å². The maximum Gasteiger partial charge on any atom is 0.433 e. The molecule has 3 heterocycles. The molecule has 0 radical (unpaired) electrons. The van der Waals surface area contributed by atoms with Gasteiger partial charge in [0.2, 0.25) is 0 Å². The molecule has 0 amide bonds. The number of likely N-dealkylation sites (tertiary alicyclic amines) is 1. The summed E-state index contributed by atoms with van der Waals surface area (Å²) >= 11 is 0. The van der Waals surface area contributed by atoms with E-state index < -0.39 is 11.9 Å². The molecule has 1 saturated carbocycles. The van der Waals surface area contributed by atoms with Gasteiger partial charge in [0.05, 0.1) is 5.69 Å². The highest BCUT2D eigenvalue weighted by Gasteiger charge is 2.38. The number of anilines is 1. The molecule has 2 aromatic rings. The minimum atomic E-state index is -4.45. The van der Waals surface area contributed by atoms with Gasteiger partial charge in [-0.3, -0.25) is 9.58 Å². The van der Waals surface area contributed by atoms with Crippen LogP contribution in [0.1, 0.15) is 37.1 Å². The largest absolute Gasteiger partial charge is 0.433 e. The standard InChI is InChI=1S/C17H22F3N7/c1-25-9-12(23-24-25)10-26-6-4-14(5-7-26)27(13-2-3-13)16-8-15(17(18,19)20)21-11-22-16/h8-9,11,13-14H,2-7,10H2,1H3. The van der Waals surface area contributed by atoms with E-state index in [-0.39, 0.29) is 12.1 Å². The van der Waals surface area contributed by atoms with E-state index in [0.717, 1.165) is 63.4 Å². The molecule has 1 aliphatic heterocycles. The van der Waals surface area contributed by atoms with Crippen LogP contribution in [0.5, 0.6) is 0 Å². The highest BCUT2D eigenvalue weighted by atomic mass is 19.4. The van der Waals surface area contributed by atoms with Crippen LogP contribution in [-0.4, -0.2) is 55.0 Å². The van der Waals surface area contributed by atoms with E-state index in [9.17, 15) is 13.2 Å². The molecular weight excluding hydrogens is 359 g/mol. The lowest BCUT2D eigenvalue weighted by molar-refractivity contribution is -0.141. The van der Waals surface area contributed by atoms with E-state index in [2.05, 4.69) is 30.1 Å². The number of aryl methyl sites for hydroxylation is 1. The van der Waals surface area contributed by atoms with Crippen molar-refractivity contribution >= 4 is 5.82 Å². The zero-order valence-electron chi connectivity index (χ0n) is 15.1. The van der Waals surface area contributed by atoms with Crippen LogP contribution in [-0.2, 0) is 19.8 Å². The van der Waals surface area contributed by atoms with Crippen LogP contribution in [0.3, 0.4) is 0 Å². The van der Waals surface area contributed by atoms with Gasteiger partial charge in [-0.2, -0.15) is 13.2 Å². The molecule has 1 aliphatic carbocycles. The van der Waals surface area contributed by atoms with Gasteiger partial charge < -0.3 is 4.90 Å². The van der Waals surface area contributed by atoms with Crippen LogP contribution < -0.4 is 4.90 Å². The monoisotopic (exact) mass is 381 g/mol. The molecule has 0 spiro atoms. The third-order valence-electron chi connectivity index (χ3n) is 5.13. The summed E-state index contributed by atoms with van der Waals surface area (Å²) in [7, 11) is 1.84. The maximum absolute atomic E-state index is 13.0. The third-order valence-corrected chi connectivity index (χ3v) is 5.13. The zero-order chi connectivity index (χ0) is 19.0. The van der Waals surface area contributed by atoms with E-state index in [4.69, 9.17) is 0 Å². The normalized spacial score (nSPS) is 19.4. The van der Waals surface area contributed by atoms with Gasteiger partial charge in [0.1, 0.15) is 17.8 Å². The second kappa shape index (κ2) is 7.06. The molecule has 0 bridgehead atoms. The Morgan fingerprint density at radius 2 is 1.81 bits per heavy atom. The van der Waals surface area contributed by atoms with E-state index in [1.165, 1.54) is 0 Å². The first-order chi connectivity index (χ1) is 12.9. The van der Waals surface area contributed by atoms with Gasteiger partial charge >= 0.3 is 6.18 Å². The predicted octanol–water partition coefficient (Wildman–Crippen LogP) is 2.26. The summed E-state index contributed by atoms with van der Waals surface area (Å²) < 4.78 is 40.8. The van der Waals surface area contributed by atoms with E-state index in [0.29, 0.717) is 5.82 Å². The number of alkyl halides is 3. The van der Waals surface area contributed by atoms with Gasteiger partial charge in [-0.15, -0.1) is 5.10 Å². The quantitative estimate of drug-likeness (QED) is 0.792. The van der Waals surface area contributed by atoms with Crippen molar-refractivity contribution in [3.63, 3.8) is 0 Å². The van der Waals surface area contributed by atoms with Crippen LogP contribution in [0.15, 0.2) is 18.6 Å². The molecule has 2 aliphatic rings. The van der Waals surface area contributed by atoms with Crippen molar-refractivity contribution in [3.05, 3.63) is 30.0 Å². The number of nitrogens with zero attached hydrogens (tertiary/aromatic N) is 7. The third kappa shape index (κ3) is 4.20. The molecular formula is C17H22F3N7. The fourth-order valence-electron chi connectivity index (χ4n) is 3.72. The number of aromatic nitrogens is 5. The smallest absolute Gasteiger partial charge is 0.350 e. The van der Waals surface area contributed by atoms with Crippen LogP contribution in [0.2, 0.25) is 0 Å². The second-order valence-corrected chi connectivity index (χ2v) is 7.29. The van der Waals surface area contributed by atoms with Gasteiger partial charge in [-0.05, 0) is 25.7 Å². The first-order valence-electron chi connectivity index (χ1n) is 9.15. The minimum Gasteiger partial charge on any atom is -0.350 e. The Labute approximate surface area is 155 Å². The van der Waals surface area contributed by atoms with Gasteiger partial charge in [0.15, 0.2) is 0 Å². The van der Waals surface area contributed by atoms with Gasteiger partial charge in [-0.1, -0.05) is 5.21 Å². The predicted molar refractivity (Wildman–Crippen MR) is 91.8 cm³/mol. The van der Waals surface area contributed by atoms with Crippen molar-refractivity contribution in [1.82, 2.24) is 29.9 Å². The molecule has 0 unspecified atom stereocenters. The lowest BCUT2D eigenvalue weighted by Crippen LogP contribution is -2.46. The van der Waals surface area contributed by atoms with Crippen molar-refractivity contribution in [3.8, 4) is 0 Å². The zero-order valence-corrected chi connectivity index (χ0v) is 15.1. The molecule has 2 aromatic heterocycles. The summed E-state index contributed by atoms with van der Waals surface area (Å²) in [6.07, 6.45) is 2.27. The van der Waals surface area contributed by atoms with Crippen LogP contribution in [0, 0.1) is 0 Å². The summed E-state index contributed by atoms with van der Waals surface area (Å²) in [6.45, 7) is 2.50. The summed E-state index contributed by atoms with van der Waals surface area (Å²) in [6, 6.07) is 1.58. The van der Waals surface area contributed by atoms with E-state index in [1.54, 1.807) is 4.68 Å². The lowest BCUT2D eigenvalue weighted by atomic mass is 10.0. The average molecular weight is 381 g/mol. The Hall–Kier alpha value is -2.23. The Bertz CT molecular complexity index is 779. The number of halogens is 3. The van der Waals surface area contributed by atoms with Crippen LogP contribution in [0.4, 0.5) is 19.0 Å². The second-order valence-electron chi connectivity index (χ2n) is 7.29.